The largest absolute Gasteiger partial charge is 0.496 e. The topological polar surface area (TPSA) is 58.7 Å². The van der Waals surface area contributed by atoms with Crippen LogP contribution in [0.15, 0.2) is 47.0 Å². The molecule has 1 aliphatic carbocycles. The first-order valence-corrected chi connectivity index (χ1v) is 10.6. The third kappa shape index (κ3) is 3.43. The van der Waals surface area contributed by atoms with Crippen LogP contribution < -0.4 is 4.74 Å². The molecule has 2 unspecified atom stereocenters. The van der Waals surface area contributed by atoms with Crippen LogP contribution in [0.5, 0.6) is 5.75 Å². The van der Waals surface area contributed by atoms with Crippen molar-refractivity contribution in [1.29, 1.82) is 0 Å². The summed E-state index contributed by atoms with van der Waals surface area (Å²) in [6.07, 6.45) is 5.33. The molecule has 3 aromatic rings. The number of nitrogens with zero attached hydrogens (tertiary/aromatic N) is 2. The van der Waals surface area contributed by atoms with Gasteiger partial charge in [0.1, 0.15) is 11.4 Å². The summed E-state index contributed by atoms with van der Waals surface area (Å²) in [4.78, 5) is 2.40. The van der Waals surface area contributed by atoms with E-state index in [9.17, 15) is 5.11 Å². The minimum atomic E-state index is -0.447. The van der Waals surface area contributed by atoms with E-state index in [2.05, 4.69) is 28.3 Å². The molecule has 5 rings (SSSR count). The predicted molar refractivity (Wildman–Crippen MR) is 113 cm³/mol. The minimum absolute atomic E-state index is 0.380. The van der Waals surface area contributed by atoms with Crippen LogP contribution in [0, 0.1) is 5.92 Å². The second-order valence-electron chi connectivity index (χ2n) is 8.57. The van der Waals surface area contributed by atoms with E-state index in [-0.39, 0.29) is 0 Å². The molecule has 152 valence electrons. The highest BCUT2D eigenvalue weighted by molar-refractivity contribution is 5.98. The van der Waals surface area contributed by atoms with Crippen molar-refractivity contribution in [3.63, 3.8) is 0 Å². The molecule has 2 atom stereocenters. The molecule has 1 saturated carbocycles. The zero-order valence-corrected chi connectivity index (χ0v) is 16.9. The highest BCUT2D eigenvalue weighted by Gasteiger charge is 2.42. The molecule has 0 radical (unpaired) electrons. The smallest absolute Gasteiger partial charge is 0.151 e. The number of aromatic nitrogens is 1. The first-order chi connectivity index (χ1) is 14.2. The van der Waals surface area contributed by atoms with Gasteiger partial charge in [0, 0.05) is 25.1 Å². The molecule has 2 aromatic carbocycles. The van der Waals surface area contributed by atoms with Crippen LogP contribution in [0.2, 0.25) is 0 Å². The van der Waals surface area contributed by atoms with Crippen molar-refractivity contribution in [2.24, 2.45) is 5.92 Å². The van der Waals surface area contributed by atoms with E-state index in [1.165, 1.54) is 6.42 Å². The number of hydrogen-bond acceptors (Lipinski definition) is 5. The van der Waals surface area contributed by atoms with E-state index >= 15 is 0 Å². The Morgan fingerprint density at radius 1 is 1.21 bits per heavy atom. The van der Waals surface area contributed by atoms with Crippen LogP contribution in [0.3, 0.4) is 0 Å². The number of methoxy groups -OCH3 is 1. The normalized spacial score (nSPS) is 25.1. The molecular formula is C24H28N2O3. The second kappa shape index (κ2) is 7.47. The molecule has 5 heteroatoms. The number of likely N-dealkylation sites (tertiary alicyclic amines) is 1. The number of aliphatic hydroxyl groups is 1. The van der Waals surface area contributed by atoms with Gasteiger partial charge >= 0.3 is 0 Å². The number of benzene rings is 2. The third-order valence-electron chi connectivity index (χ3n) is 6.82. The number of fused-ring (bicyclic) bond motifs is 2. The number of rotatable bonds is 4. The van der Waals surface area contributed by atoms with Crippen LogP contribution in [-0.4, -0.2) is 41.0 Å². The summed E-state index contributed by atoms with van der Waals surface area (Å²) >= 11 is 0. The number of hydrogen-bond donors (Lipinski definition) is 1. The van der Waals surface area contributed by atoms with E-state index in [0.29, 0.717) is 5.92 Å². The molecule has 0 amide bonds. The van der Waals surface area contributed by atoms with Crippen LogP contribution in [-0.2, 0) is 6.54 Å². The van der Waals surface area contributed by atoms with Gasteiger partial charge in [0.05, 0.1) is 24.8 Å². The fourth-order valence-electron chi connectivity index (χ4n) is 5.19. The summed E-state index contributed by atoms with van der Waals surface area (Å²) in [6.45, 7) is 2.57. The average Bonchev–Trinajstić information content (AvgIpc) is 3.21. The molecule has 1 aromatic heterocycles. The van der Waals surface area contributed by atoms with Gasteiger partial charge in [0.15, 0.2) is 5.76 Å². The van der Waals surface area contributed by atoms with Crippen molar-refractivity contribution in [1.82, 2.24) is 10.1 Å². The Kier molecular flexibility index (Phi) is 4.80. The van der Waals surface area contributed by atoms with Gasteiger partial charge in [0.2, 0.25) is 0 Å². The van der Waals surface area contributed by atoms with Gasteiger partial charge in [-0.15, -0.1) is 0 Å². The second-order valence-corrected chi connectivity index (χ2v) is 8.57. The van der Waals surface area contributed by atoms with Crippen molar-refractivity contribution in [3.8, 4) is 17.0 Å². The SMILES string of the molecule is COc1ccc2ccccc2c1-c1cc(CN2CCC3(O)CCCCC3C2)on1. The quantitative estimate of drug-likeness (QED) is 0.701. The molecule has 29 heavy (non-hydrogen) atoms. The molecule has 0 spiro atoms. The zero-order chi connectivity index (χ0) is 19.8. The fraction of sp³-hybridized carbons (Fsp3) is 0.458. The van der Waals surface area contributed by atoms with Crippen molar-refractivity contribution < 1.29 is 14.4 Å². The standard InChI is InChI=1S/C24H28N2O3/c1-28-22-10-9-17-6-2-3-8-20(17)23(22)21-14-19(29-25-21)16-26-13-12-24(27)11-5-4-7-18(24)15-26/h2-3,6,8-10,14,18,27H,4-5,7,11-13,15-16H2,1H3. The lowest BCUT2D eigenvalue weighted by molar-refractivity contribution is -0.0977. The highest BCUT2D eigenvalue weighted by atomic mass is 16.5. The van der Waals surface area contributed by atoms with E-state index in [0.717, 1.165) is 78.9 Å². The Balaban J connectivity index is 1.39. The summed E-state index contributed by atoms with van der Waals surface area (Å²) in [5.41, 5.74) is 1.33. The zero-order valence-electron chi connectivity index (χ0n) is 16.9. The summed E-state index contributed by atoms with van der Waals surface area (Å²) in [7, 11) is 1.69. The Bertz CT molecular complexity index is 1010. The van der Waals surface area contributed by atoms with E-state index < -0.39 is 5.60 Å². The van der Waals surface area contributed by atoms with E-state index in [1.807, 2.05) is 24.3 Å². The fourth-order valence-corrected chi connectivity index (χ4v) is 5.19. The molecule has 0 bridgehead atoms. The lowest BCUT2D eigenvalue weighted by atomic mass is 9.71. The van der Waals surface area contributed by atoms with E-state index in [1.54, 1.807) is 7.11 Å². The molecule has 1 N–H and O–H groups in total. The summed E-state index contributed by atoms with van der Waals surface area (Å²) in [5.74, 6) is 2.04. The van der Waals surface area contributed by atoms with Crippen LogP contribution in [0.25, 0.3) is 22.0 Å². The molecule has 5 nitrogen and oxygen atoms in total. The summed E-state index contributed by atoms with van der Waals surface area (Å²) in [5, 5.41) is 17.5. The Morgan fingerprint density at radius 3 is 3.00 bits per heavy atom. The monoisotopic (exact) mass is 392 g/mol. The molecule has 2 fully saturated rings. The molecular weight excluding hydrogens is 364 g/mol. The van der Waals surface area contributed by atoms with Crippen LogP contribution >= 0.6 is 0 Å². The van der Waals surface area contributed by atoms with Gasteiger partial charge < -0.3 is 14.4 Å². The lowest BCUT2D eigenvalue weighted by Gasteiger charge is -2.47. The first-order valence-electron chi connectivity index (χ1n) is 10.6. The molecule has 1 aliphatic heterocycles. The molecule has 2 aliphatic rings. The van der Waals surface area contributed by atoms with Gasteiger partial charge in [-0.25, -0.2) is 0 Å². The van der Waals surface area contributed by atoms with Gasteiger partial charge in [-0.05, 0) is 36.1 Å². The van der Waals surface area contributed by atoms with Crippen molar-refractivity contribution in [3.05, 3.63) is 48.2 Å². The summed E-state index contributed by atoms with van der Waals surface area (Å²) < 4.78 is 11.3. The van der Waals surface area contributed by atoms with Gasteiger partial charge in [-0.3, -0.25) is 4.90 Å². The van der Waals surface area contributed by atoms with Crippen LogP contribution in [0.4, 0.5) is 0 Å². The Labute approximate surface area is 171 Å². The predicted octanol–water partition coefficient (Wildman–Crippen LogP) is 4.63. The van der Waals surface area contributed by atoms with Crippen molar-refractivity contribution in [2.75, 3.05) is 20.2 Å². The van der Waals surface area contributed by atoms with Gasteiger partial charge in [-0.1, -0.05) is 48.3 Å². The van der Waals surface area contributed by atoms with Crippen molar-refractivity contribution in [2.45, 2.75) is 44.2 Å². The first kappa shape index (κ1) is 18.6. The lowest BCUT2D eigenvalue weighted by Crippen LogP contribution is -2.52. The summed E-state index contributed by atoms with van der Waals surface area (Å²) in [6, 6.07) is 14.3. The van der Waals surface area contributed by atoms with E-state index in [4.69, 9.17) is 9.26 Å². The average molecular weight is 392 g/mol. The van der Waals surface area contributed by atoms with Crippen molar-refractivity contribution >= 4 is 10.8 Å². The maximum Gasteiger partial charge on any atom is 0.151 e. The Hall–Kier alpha value is -2.37. The third-order valence-corrected chi connectivity index (χ3v) is 6.82. The number of ether oxygens (including phenoxy) is 1. The Morgan fingerprint density at radius 2 is 2.10 bits per heavy atom. The molecule has 2 heterocycles. The molecule has 1 saturated heterocycles. The minimum Gasteiger partial charge on any atom is -0.496 e. The maximum absolute atomic E-state index is 10.9. The number of piperidine rings is 1. The maximum atomic E-state index is 10.9. The highest BCUT2D eigenvalue weighted by Crippen LogP contribution is 2.40. The van der Waals surface area contributed by atoms with Gasteiger partial charge in [0.25, 0.3) is 0 Å². The van der Waals surface area contributed by atoms with Gasteiger partial charge in [-0.2, -0.15) is 0 Å². The van der Waals surface area contributed by atoms with Crippen LogP contribution in [0.1, 0.15) is 37.9 Å².